The minimum absolute atomic E-state index is 0.125. The molecule has 11 rings (SSSR count). The molecule has 12 atom stereocenters. The minimum atomic E-state index is -1.28. The number of alkyl carbamates (subject to hydrolysis) is 2. The number of carbonyl (C=O) groups excluding carboxylic acids is 3. The largest absolute Gasteiger partial charge is 0.445 e. The first-order valence-electron chi connectivity index (χ1n) is 25.5. The quantitative estimate of drug-likeness (QED) is 0.0564. The van der Waals surface area contributed by atoms with E-state index in [1.54, 1.807) is 29.3 Å². The second-order valence-corrected chi connectivity index (χ2v) is 20.7. The van der Waals surface area contributed by atoms with Crippen molar-refractivity contribution in [1.29, 1.82) is 0 Å². The van der Waals surface area contributed by atoms with Crippen LogP contribution in [0.2, 0.25) is 10.0 Å². The maximum absolute atomic E-state index is 13.6. The number of rotatable bonds is 12. The summed E-state index contributed by atoms with van der Waals surface area (Å²) in [5.41, 5.74) is 9.75. The van der Waals surface area contributed by atoms with Crippen LogP contribution in [-0.4, -0.2) is 138 Å². The Bertz CT molecular complexity index is 2720. The summed E-state index contributed by atoms with van der Waals surface area (Å²) < 4.78 is 55.9. The average molecular weight is 1110 g/mol. The number of benzene rings is 3. The zero-order valence-corrected chi connectivity index (χ0v) is 43.3. The summed E-state index contributed by atoms with van der Waals surface area (Å²) in [5.74, 6) is 0.270. The zero-order valence-electron chi connectivity index (χ0n) is 41.8. The van der Waals surface area contributed by atoms with Crippen LogP contribution in [0.4, 0.5) is 33.5 Å². The summed E-state index contributed by atoms with van der Waals surface area (Å²) in [4.78, 5) is 46.3. The van der Waals surface area contributed by atoms with E-state index in [1.165, 1.54) is 10.8 Å². The normalized spacial score (nSPS) is 27.8. The maximum atomic E-state index is 13.6. The highest BCUT2D eigenvalue weighted by Gasteiger charge is 2.48. The highest BCUT2D eigenvalue weighted by Crippen LogP contribution is 2.39. The van der Waals surface area contributed by atoms with E-state index in [1.807, 2.05) is 72.8 Å². The van der Waals surface area contributed by atoms with Crippen LogP contribution in [0.15, 0.2) is 103 Å². The van der Waals surface area contributed by atoms with E-state index in [2.05, 4.69) is 25.9 Å². The third-order valence-electron chi connectivity index (χ3n) is 14.0. The molecule has 0 spiro atoms. The van der Waals surface area contributed by atoms with Crippen molar-refractivity contribution in [3.8, 4) is 11.3 Å². The number of aliphatic hydroxyl groups is 4. The van der Waals surface area contributed by atoms with Gasteiger partial charge in [0.1, 0.15) is 31.7 Å². The smallest absolute Gasteiger partial charge is 0.407 e. The van der Waals surface area contributed by atoms with Crippen LogP contribution in [-0.2, 0) is 34.0 Å². The SMILES string of the molecule is NC1CC(O)C(F)C1.O=C(NC1CC(O)C(F)C1)OCc1ccccc1.O=C(NC1CC2OC2C1)OCc1ccccc1.O=C1N([C@H](CO)c2cccc(Cl)c2)Cc2cc(-c3nc(NC4CC(O)C(F)C4)ncc3Cl)cn21. The standard InChI is InChI=1S/C23H22Cl2FN5O3.C13H16FNO3.C13H15NO3.C5H10FNO/c24-14-3-1-2-12(4-14)19(11-32)31-10-16-5-13(9-30(16)23(31)34)21-17(25)8-27-22(29-21)28-15-6-18(26)20(33)7-15;14-11-6-10(7-12(11)16)15-13(17)18-8-9-4-2-1-3-5-9;15-13(14-10-6-11-12(7-10)17-11)16-8-9-4-2-1-3-5-9;6-4-1-3(7)2-5(4)8/h1-5,8-9,15,18-20,32-33H,6-7,10-11H2,(H,27,28,29);1-5,10-12,16H,6-8H2,(H,15,17);1-5,10-12H,6-8H2,(H,14,15);3-5,8H,1-2,7H2/t15?,18?,19-,20?;;;/m1.../s1. The van der Waals surface area contributed by atoms with Crippen molar-refractivity contribution in [1.82, 2.24) is 30.1 Å². The fourth-order valence-corrected chi connectivity index (χ4v) is 10.3. The molecule has 5 aromatic rings. The lowest BCUT2D eigenvalue weighted by molar-refractivity contribution is 0.103. The van der Waals surface area contributed by atoms with Crippen molar-refractivity contribution in [3.05, 3.63) is 136 Å². The van der Waals surface area contributed by atoms with Gasteiger partial charge in [-0.25, -0.2) is 37.5 Å². The third kappa shape index (κ3) is 15.8. The molecule has 3 amide bonds. The fourth-order valence-electron chi connectivity index (χ4n) is 9.88. The third-order valence-corrected chi connectivity index (χ3v) is 14.5. The van der Waals surface area contributed by atoms with Crippen molar-refractivity contribution >= 4 is 47.4 Å². The topological polar surface area (TPSA) is 259 Å². The van der Waals surface area contributed by atoms with Crippen molar-refractivity contribution in [2.24, 2.45) is 5.73 Å². The van der Waals surface area contributed by atoms with E-state index in [9.17, 15) is 42.9 Å². The van der Waals surface area contributed by atoms with E-state index >= 15 is 0 Å². The second-order valence-electron chi connectivity index (χ2n) is 19.9. The molecule has 4 aliphatic carbocycles. The molecule has 18 nitrogen and oxygen atoms in total. The number of aliphatic hydroxyl groups excluding tert-OH is 4. The molecular weight excluding hydrogens is 1050 g/mol. The average Bonchev–Trinajstić information content (AvgIpc) is 3.98. The van der Waals surface area contributed by atoms with Crippen LogP contribution in [0.1, 0.15) is 79.8 Å². The number of carbonyl (C=O) groups is 3. The van der Waals surface area contributed by atoms with Gasteiger partial charge in [0, 0.05) is 59.5 Å². The number of nitrogens with two attached hydrogens (primary N) is 1. The predicted molar refractivity (Wildman–Crippen MR) is 279 cm³/mol. The molecule has 11 unspecified atom stereocenters. The summed E-state index contributed by atoms with van der Waals surface area (Å²) in [6, 6.07) is 26.5. The lowest BCUT2D eigenvalue weighted by Gasteiger charge is -2.26. The molecular formula is C54H63Cl2F3N8O10. The van der Waals surface area contributed by atoms with Gasteiger partial charge in [0.2, 0.25) is 5.95 Å². The monoisotopic (exact) mass is 1110 g/mol. The Morgan fingerprint density at radius 1 is 0.740 bits per heavy atom. The summed E-state index contributed by atoms with van der Waals surface area (Å²) in [6.45, 7) is 0.554. The van der Waals surface area contributed by atoms with Gasteiger partial charge in [-0.05, 0) is 73.4 Å². The number of anilines is 1. The fraction of sp³-hybridized carbons (Fsp3) is 0.463. The van der Waals surface area contributed by atoms with Crippen LogP contribution in [0.25, 0.3) is 11.3 Å². The number of hydrogen-bond acceptors (Lipinski definition) is 14. The number of alkyl halides is 3. The molecule has 414 valence electrons. The van der Waals surface area contributed by atoms with Gasteiger partial charge in [-0.1, -0.05) is 96.0 Å². The molecule has 3 aromatic carbocycles. The Morgan fingerprint density at radius 3 is 1.79 bits per heavy atom. The first kappa shape index (κ1) is 57.1. The highest BCUT2D eigenvalue weighted by molar-refractivity contribution is 6.33. The number of nitrogens with zero attached hydrogens (tertiary/aromatic N) is 4. The van der Waals surface area contributed by atoms with Crippen molar-refractivity contribution in [3.63, 3.8) is 0 Å². The predicted octanol–water partition coefficient (Wildman–Crippen LogP) is 7.47. The van der Waals surface area contributed by atoms with E-state index in [0.717, 1.165) is 35.2 Å². The molecule has 0 radical (unpaired) electrons. The number of ether oxygens (including phenoxy) is 3. The lowest BCUT2D eigenvalue weighted by atomic mass is 10.1. The Labute approximate surface area is 453 Å². The second kappa shape index (κ2) is 26.5. The van der Waals surface area contributed by atoms with Gasteiger partial charge in [0.05, 0.1) is 66.6 Å². The Hall–Kier alpha value is -6.04. The number of epoxide rings is 1. The first-order valence-corrected chi connectivity index (χ1v) is 26.3. The van der Waals surface area contributed by atoms with Crippen LogP contribution in [0.5, 0.6) is 0 Å². The van der Waals surface area contributed by atoms with Gasteiger partial charge in [0.25, 0.3) is 0 Å². The van der Waals surface area contributed by atoms with Crippen molar-refractivity contribution in [2.75, 3.05) is 11.9 Å². The van der Waals surface area contributed by atoms with E-state index in [0.29, 0.717) is 59.5 Å². The summed E-state index contributed by atoms with van der Waals surface area (Å²) in [7, 11) is 0. The number of fused-ring (bicyclic) bond motifs is 2. The zero-order chi connectivity index (χ0) is 54.8. The van der Waals surface area contributed by atoms with Gasteiger partial charge in [0.15, 0.2) is 0 Å². The van der Waals surface area contributed by atoms with Crippen LogP contribution in [0, 0.1) is 0 Å². The van der Waals surface area contributed by atoms with Gasteiger partial charge in [-0.2, -0.15) is 0 Å². The lowest BCUT2D eigenvalue weighted by Crippen LogP contribution is -2.34. The molecule has 9 N–H and O–H groups in total. The molecule has 4 heterocycles. The van der Waals surface area contributed by atoms with E-state index in [-0.39, 0.29) is 81.1 Å². The van der Waals surface area contributed by atoms with E-state index < -0.39 is 49.0 Å². The number of hydrogen-bond donors (Lipinski definition) is 8. The van der Waals surface area contributed by atoms with Gasteiger partial charge < -0.3 is 61.2 Å². The summed E-state index contributed by atoms with van der Waals surface area (Å²) in [6.07, 6.45) is -0.0381. The molecule has 77 heavy (non-hydrogen) atoms. The van der Waals surface area contributed by atoms with Gasteiger partial charge in [-0.3, -0.25) is 4.57 Å². The number of nitrogens with one attached hydrogen (secondary N) is 3. The van der Waals surface area contributed by atoms with Crippen LogP contribution in [0.3, 0.4) is 0 Å². The van der Waals surface area contributed by atoms with Crippen molar-refractivity contribution in [2.45, 2.75) is 150 Å². The van der Waals surface area contributed by atoms with Crippen molar-refractivity contribution < 1.29 is 62.2 Å². The number of aromatic nitrogens is 3. The van der Waals surface area contributed by atoms with Crippen LogP contribution >= 0.6 is 23.2 Å². The Kier molecular flexibility index (Phi) is 19.7. The molecule has 23 heteroatoms. The maximum Gasteiger partial charge on any atom is 0.407 e. The molecule has 5 fully saturated rings. The first-order chi connectivity index (χ1) is 37.0. The molecule has 2 aliphatic heterocycles. The molecule has 6 aliphatic rings. The molecule has 0 bridgehead atoms. The Balaban J connectivity index is 0.000000153. The minimum Gasteiger partial charge on any atom is -0.445 e. The van der Waals surface area contributed by atoms with Gasteiger partial charge in [-0.15, -0.1) is 0 Å². The van der Waals surface area contributed by atoms with Crippen LogP contribution < -0.4 is 21.7 Å². The summed E-state index contributed by atoms with van der Waals surface area (Å²) in [5, 5.41) is 46.9. The van der Waals surface area contributed by atoms with E-state index in [4.69, 9.17) is 48.3 Å². The molecule has 1 saturated heterocycles. The highest BCUT2D eigenvalue weighted by atomic mass is 35.5. The number of halogens is 5. The molecule has 2 aromatic heterocycles. The van der Waals surface area contributed by atoms with Gasteiger partial charge >= 0.3 is 18.2 Å². The number of amides is 3. The summed E-state index contributed by atoms with van der Waals surface area (Å²) >= 11 is 12.4. The Morgan fingerprint density at radius 2 is 1.30 bits per heavy atom. The molecule has 4 saturated carbocycles.